The maximum Gasteiger partial charge on any atom is 0.229 e. The molecular formula is C27H31ClN6OS. The number of hydrogen-bond donors (Lipinski definition) is 1. The van der Waals surface area contributed by atoms with Crippen LogP contribution in [0, 0.1) is 0 Å². The molecule has 0 amide bonds. The summed E-state index contributed by atoms with van der Waals surface area (Å²) in [5.74, 6) is 4.12. The maximum atomic E-state index is 6.05. The van der Waals surface area contributed by atoms with E-state index in [0.717, 1.165) is 60.0 Å². The van der Waals surface area contributed by atoms with Crippen LogP contribution in [0.2, 0.25) is 5.02 Å². The molecule has 0 radical (unpaired) electrons. The topological polar surface area (TPSA) is 65.9 Å². The minimum Gasteiger partial charge on any atom is -0.492 e. The van der Waals surface area contributed by atoms with Gasteiger partial charge in [0.2, 0.25) is 5.95 Å². The summed E-state index contributed by atoms with van der Waals surface area (Å²) in [6, 6.07) is 17.8. The smallest absolute Gasteiger partial charge is 0.229 e. The highest BCUT2D eigenvalue weighted by molar-refractivity contribution is 7.99. The molecule has 5 rings (SSSR count). The second-order valence-electron chi connectivity index (χ2n) is 8.86. The molecule has 9 heteroatoms. The number of para-hydroxylation sites is 1. The number of hydrazone groups is 1. The van der Waals surface area contributed by atoms with E-state index >= 15 is 0 Å². The van der Waals surface area contributed by atoms with E-state index in [1.807, 2.05) is 54.6 Å². The van der Waals surface area contributed by atoms with E-state index in [-0.39, 0.29) is 0 Å². The van der Waals surface area contributed by atoms with Gasteiger partial charge in [-0.25, -0.2) is 0 Å². The van der Waals surface area contributed by atoms with Crippen LogP contribution in [0.3, 0.4) is 0 Å². The molecule has 1 aromatic heterocycles. The highest BCUT2D eigenvalue weighted by atomic mass is 35.5. The van der Waals surface area contributed by atoms with Crippen molar-refractivity contribution in [3.8, 4) is 5.75 Å². The number of anilines is 3. The zero-order chi connectivity index (χ0) is 24.6. The standard InChI is InChI=1S/C27H31ClN6OS/c28-22-9-11-23(12-10-22)36-18-17-35-24-8-2-1-7-21(24)20-29-32-25-19-26(33-13-3-4-14-33)31-27(30-25)34-15-5-6-16-34/h1-2,7-12,19-20H,3-6,13-18H2,(H,30,31,32)/b29-20-. The van der Waals surface area contributed by atoms with E-state index in [9.17, 15) is 0 Å². The highest BCUT2D eigenvalue weighted by Crippen LogP contribution is 2.26. The molecule has 1 N–H and O–H groups in total. The van der Waals surface area contributed by atoms with E-state index in [1.54, 1.807) is 18.0 Å². The van der Waals surface area contributed by atoms with E-state index in [1.165, 1.54) is 30.6 Å². The summed E-state index contributed by atoms with van der Waals surface area (Å²) in [6.07, 6.45) is 6.58. The Bertz CT molecular complexity index is 1130. The van der Waals surface area contributed by atoms with Gasteiger partial charge in [-0.2, -0.15) is 15.1 Å². The molecular weight excluding hydrogens is 492 g/mol. The van der Waals surface area contributed by atoms with Gasteiger partial charge in [0.25, 0.3) is 0 Å². The molecule has 0 aliphatic carbocycles. The number of halogens is 1. The second kappa shape index (κ2) is 12.3. The third kappa shape index (κ3) is 6.62. The minimum atomic E-state index is 0.593. The molecule has 0 bridgehead atoms. The first-order valence-electron chi connectivity index (χ1n) is 12.5. The van der Waals surface area contributed by atoms with Crippen molar-refractivity contribution >= 4 is 47.2 Å². The van der Waals surface area contributed by atoms with Gasteiger partial charge in [0.05, 0.1) is 12.8 Å². The maximum absolute atomic E-state index is 6.05. The summed E-state index contributed by atoms with van der Waals surface area (Å²) in [5.41, 5.74) is 4.05. The molecule has 3 aromatic rings. The van der Waals surface area contributed by atoms with Crippen molar-refractivity contribution in [3.05, 3.63) is 65.2 Å². The average Bonchev–Trinajstić information content (AvgIpc) is 3.64. The van der Waals surface area contributed by atoms with Gasteiger partial charge in [-0.1, -0.05) is 23.7 Å². The molecule has 2 aliphatic rings. The third-order valence-corrected chi connectivity index (χ3v) is 7.47. The van der Waals surface area contributed by atoms with Crippen molar-refractivity contribution in [3.63, 3.8) is 0 Å². The van der Waals surface area contributed by atoms with Crippen LogP contribution in [0.15, 0.2) is 64.6 Å². The van der Waals surface area contributed by atoms with Crippen LogP contribution in [0.5, 0.6) is 5.75 Å². The Morgan fingerprint density at radius 3 is 2.44 bits per heavy atom. The van der Waals surface area contributed by atoms with Crippen molar-refractivity contribution in [2.24, 2.45) is 5.10 Å². The summed E-state index contributed by atoms with van der Waals surface area (Å²) >= 11 is 7.70. The normalized spacial score (nSPS) is 15.7. The lowest BCUT2D eigenvalue weighted by molar-refractivity contribution is 0.343. The Labute approximate surface area is 221 Å². The predicted molar refractivity (Wildman–Crippen MR) is 150 cm³/mol. The van der Waals surface area contributed by atoms with Gasteiger partial charge in [-0.15, -0.1) is 11.8 Å². The Morgan fingerprint density at radius 2 is 1.67 bits per heavy atom. The van der Waals surface area contributed by atoms with Gasteiger partial charge in [0.15, 0.2) is 5.82 Å². The van der Waals surface area contributed by atoms with Crippen LogP contribution in [-0.2, 0) is 0 Å². The molecule has 0 spiro atoms. The lowest BCUT2D eigenvalue weighted by Gasteiger charge is -2.21. The first-order valence-corrected chi connectivity index (χ1v) is 13.9. The molecule has 188 valence electrons. The lowest BCUT2D eigenvalue weighted by Crippen LogP contribution is -2.24. The highest BCUT2D eigenvalue weighted by Gasteiger charge is 2.20. The van der Waals surface area contributed by atoms with E-state index < -0.39 is 0 Å². The number of benzene rings is 2. The van der Waals surface area contributed by atoms with Crippen molar-refractivity contribution < 1.29 is 4.74 Å². The number of thioether (sulfide) groups is 1. The molecule has 0 atom stereocenters. The van der Waals surface area contributed by atoms with Crippen LogP contribution in [0.4, 0.5) is 17.6 Å². The monoisotopic (exact) mass is 522 g/mol. The molecule has 36 heavy (non-hydrogen) atoms. The minimum absolute atomic E-state index is 0.593. The zero-order valence-corrected chi connectivity index (χ0v) is 21.8. The number of rotatable bonds is 10. The van der Waals surface area contributed by atoms with Gasteiger partial charge in [-0.3, -0.25) is 5.43 Å². The molecule has 0 unspecified atom stereocenters. The molecule has 0 saturated carbocycles. The SMILES string of the molecule is Clc1ccc(SCCOc2ccccc2/C=N\Nc2cc(N3CCCC3)nc(N3CCCC3)n2)cc1. The number of ether oxygens (including phenoxy) is 1. The van der Waals surface area contributed by atoms with Crippen molar-refractivity contribution in [2.45, 2.75) is 30.6 Å². The second-order valence-corrected chi connectivity index (χ2v) is 10.5. The van der Waals surface area contributed by atoms with Gasteiger partial charge in [0, 0.05) is 53.5 Å². The fraction of sp³-hybridized carbons (Fsp3) is 0.370. The molecule has 2 aliphatic heterocycles. The van der Waals surface area contributed by atoms with Crippen LogP contribution in [0.1, 0.15) is 31.2 Å². The van der Waals surface area contributed by atoms with Gasteiger partial charge < -0.3 is 14.5 Å². The van der Waals surface area contributed by atoms with Crippen molar-refractivity contribution in [1.82, 2.24) is 9.97 Å². The summed E-state index contributed by atoms with van der Waals surface area (Å²) in [7, 11) is 0. The molecule has 2 aromatic carbocycles. The predicted octanol–water partition coefficient (Wildman–Crippen LogP) is 5.95. The first kappa shape index (κ1) is 24.7. The Morgan fingerprint density at radius 1 is 0.944 bits per heavy atom. The molecule has 3 heterocycles. The summed E-state index contributed by atoms with van der Waals surface area (Å²) < 4.78 is 6.05. The van der Waals surface area contributed by atoms with Gasteiger partial charge in [0.1, 0.15) is 11.6 Å². The lowest BCUT2D eigenvalue weighted by atomic mass is 10.2. The molecule has 2 fully saturated rings. The van der Waals surface area contributed by atoms with Gasteiger partial charge in [-0.05, 0) is 62.1 Å². The van der Waals surface area contributed by atoms with Crippen LogP contribution >= 0.6 is 23.4 Å². The number of nitrogens with zero attached hydrogens (tertiary/aromatic N) is 5. The van der Waals surface area contributed by atoms with Crippen LogP contribution in [0.25, 0.3) is 0 Å². The zero-order valence-electron chi connectivity index (χ0n) is 20.3. The Balaban J connectivity index is 1.22. The van der Waals surface area contributed by atoms with E-state index in [4.69, 9.17) is 26.3 Å². The Hall–Kier alpha value is -2.97. The first-order chi connectivity index (χ1) is 17.7. The quantitative estimate of drug-likeness (QED) is 0.153. The summed E-state index contributed by atoms with van der Waals surface area (Å²) in [5, 5.41) is 5.24. The van der Waals surface area contributed by atoms with Crippen LogP contribution in [-0.4, -0.2) is 54.7 Å². The summed E-state index contributed by atoms with van der Waals surface area (Å²) in [6.45, 7) is 4.69. The molecule has 2 saturated heterocycles. The largest absolute Gasteiger partial charge is 0.492 e. The number of nitrogens with one attached hydrogen (secondary N) is 1. The van der Waals surface area contributed by atoms with E-state index in [2.05, 4.69) is 20.3 Å². The third-order valence-electron chi connectivity index (χ3n) is 6.24. The fourth-order valence-electron chi connectivity index (χ4n) is 4.37. The van der Waals surface area contributed by atoms with Gasteiger partial charge >= 0.3 is 0 Å². The number of aromatic nitrogens is 2. The summed E-state index contributed by atoms with van der Waals surface area (Å²) in [4.78, 5) is 15.4. The number of hydrogen-bond acceptors (Lipinski definition) is 8. The average molecular weight is 523 g/mol. The van der Waals surface area contributed by atoms with Crippen molar-refractivity contribution in [2.75, 3.05) is 53.8 Å². The van der Waals surface area contributed by atoms with E-state index in [0.29, 0.717) is 12.4 Å². The fourth-order valence-corrected chi connectivity index (χ4v) is 5.23. The Kier molecular flexibility index (Phi) is 8.46. The van der Waals surface area contributed by atoms with Crippen LogP contribution < -0.4 is 20.0 Å². The van der Waals surface area contributed by atoms with Crippen molar-refractivity contribution in [1.29, 1.82) is 0 Å². The molecule has 7 nitrogen and oxygen atoms in total.